The molecular formula is C24H32O2. The minimum absolute atomic E-state index is 0.0612. The van der Waals surface area contributed by atoms with Gasteiger partial charge in [0, 0.05) is 17.0 Å². The fraction of sp³-hybridized carbons (Fsp3) is 0.500. The lowest BCUT2D eigenvalue weighted by atomic mass is 9.75. The van der Waals surface area contributed by atoms with Gasteiger partial charge in [0.05, 0.1) is 0 Å². The van der Waals surface area contributed by atoms with E-state index in [2.05, 4.69) is 38.1 Å². The van der Waals surface area contributed by atoms with Gasteiger partial charge in [0.25, 0.3) is 0 Å². The number of aromatic hydroxyl groups is 2. The second-order valence-corrected chi connectivity index (χ2v) is 7.65. The molecule has 26 heavy (non-hydrogen) atoms. The fourth-order valence-corrected chi connectivity index (χ4v) is 4.61. The number of benzene rings is 2. The Morgan fingerprint density at radius 1 is 0.769 bits per heavy atom. The average Bonchev–Trinajstić information content (AvgIpc) is 2.94. The predicted molar refractivity (Wildman–Crippen MR) is 108 cm³/mol. The van der Waals surface area contributed by atoms with Crippen LogP contribution < -0.4 is 0 Å². The van der Waals surface area contributed by atoms with Crippen molar-refractivity contribution in [2.75, 3.05) is 0 Å². The van der Waals surface area contributed by atoms with Crippen LogP contribution in [0.1, 0.15) is 80.5 Å². The molecular weight excluding hydrogens is 320 g/mol. The molecule has 0 aliphatic heterocycles. The summed E-state index contributed by atoms with van der Waals surface area (Å²) in [6.07, 6.45) is 9.03. The first-order valence-corrected chi connectivity index (χ1v) is 10.3. The van der Waals surface area contributed by atoms with E-state index >= 15 is 0 Å². The van der Waals surface area contributed by atoms with E-state index in [1.807, 2.05) is 12.1 Å². The zero-order chi connectivity index (χ0) is 18.5. The van der Waals surface area contributed by atoms with E-state index in [9.17, 15) is 10.2 Å². The van der Waals surface area contributed by atoms with Crippen LogP contribution in [0, 0.1) is 5.92 Å². The number of hydrogen-bond acceptors (Lipinski definition) is 2. The smallest absolute Gasteiger partial charge is 0.122 e. The molecule has 0 unspecified atom stereocenters. The van der Waals surface area contributed by atoms with Crippen molar-refractivity contribution < 1.29 is 10.2 Å². The highest BCUT2D eigenvalue weighted by molar-refractivity contribution is 5.52. The molecule has 0 aromatic heterocycles. The quantitative estimate of drug-likeness (QED) is 0.618. The van der Waals surface area contributed by atoms with Crippen molar-refractivity contribution >= 4 is 0 Å². The molecule has 1 aliphatic rings. The molecule has 1 aliphatic carbocycles. The second kappa shape index (κ2) is 8.62. The summed E-state index contributed by atoms with van der Waals surface area (Å²) in [5.41, 5.74) is 3.96. The molecule has 1 fully saturated rings. The van der Waals surface area contributed by atoms with Crippen molar-refractivity contribution in [2.45, 2.75) is 71.1 Å². The van der Waals surface area contributed by atoms with Crippen molar-refractivity contribution in [1.82, 2.24) is 0 Å². The van der Waals surface area contributed by atoms with E-state index in [0.29, 0.717) is 17.4 Å². The third kappa shape index (κ3) is 3.75. The minimum Gasteiger partial charge on any atom is -0.507 e. The standard InChI is InChI=1S/C24H32O2/c1-3-17-13-9-15-20(23(17)25)22(19-11-7-5-6-8-12-19)21-16-10-14-18(4-2)24(21)26/h9-10,13-16,19,22,25-26H,3-8,11-12H2,1-2H3. The molecule has 0 heterocycles. The second-order valence-electron chi connectivity index (χ2n) is 7.65. The van der Waals surface area contributed by atoms with Gasteiger partial charge in [-0.05, 0) is 42.7 Å². The first-order chi connectivity index (χ1) is 12.7. The van der Waals surface area contributed by atoms with Crippen LogP contribution in [-0.4, -0.2) is 10.2 Å². The molecule has 0 radical (unpaired) electrons. The zero-order valence-electron chi connectivity index (χ0n) is 16.2. The van der Waals surface area contributed by atoms with Gasteiger partial charge >= 0.3 is 0 Å². The average molecular weight is 353 g/mol. The van der Waals surface area contributed by atoms with E-state index < -0.39 is 0 Å². The molecule has 3 rings (SSSR count). The molecule has 2 aromatic rings. The lowest BCUT2D eigenvalue weighted by Crippen LogP contribution is -2.15. The molecule has 2 aromatic carbocycles. The number of hydrogen-bond donors (Lipinski definition) is 2. The van der Waals surface area contributed by atoms with Gasteiger partial charge in [0.2, 0.25) is 0 Å². The van der Waals surface area contributed by atoms with Crippen LogP contribution in [-0.2, 0) is 12.8 Å². The van der Waals surface area contributed by atoms with E-state index in [1.54, 1.807) is 0 Å². The highest BCUT2D eigenvalue weighted by atomic mass is 16.3. The van der Waals surface area contributed by atoms with Crippen LogP contribution in [0.4, 0.5) is 0 Å². The largest absolute Gasteiger partial charge is 0.507 e. The van der Waals surface area contributed by atoms with Crippen LogP contribution in [0.2, 0.25) is 0 Å². The Morgan fingerprint density at radius 2 is 1.23 bits per heavy atom. The van der Waals surface area contributed by atoms with E-state index in [4.69, 9.17) is 0 Å². The molecule has 0 atom stereocenters. The Kier molecular flexibility index (Phi) is 6.24. The summed E-state index contributed by atoms with van der Waals surface area (Å²) in [6.45, 7) is 4.16. The Balaban J connectivity index is 2.14. The lowest BCUT2D eigenvalue weighted by molar-refractivity contribution is 0.379. The molecule has 0 spiro atoms. The summed E-state index contributed by atoms with van der Waals surface area (Å²) in [6, 6.07) is 12.2. The summed E-state index contributed by atoms with van der Waals surface area (Å²) in [7, 11) is 0. The summed E-state index contributed by atoms with van der Waals surface area (Å²) >= 11 is 0. The topological polar surface area (TPSA) is 40.5 Å². The van der Waals surface area contributed by atoms with Crippen LogP contribution in [0.3, 0.4) is 0 Å². The maximum Gasteiger partial charge on any atom is 0.122 e. The SMILES string of the molecule is CCc1cccc(C(c2cccc(CC)c2O)C2CCCCCC2)c1O. The summed E-state index contributed by atoms with van der Waals surface area (Å²) in [5, 5.41) is 21.9. The summed E-state index contributed by atoms with van der Waals surface area (Å²) < 4.78 is 0. The first kappa shape index (κ1) is 18.8. The van der Waals surface area contributed by atoms with Gasteiger partial charge in [-0.2, -0.15) is 0 Å². The van der Waals surface area contributed by atoms with Crippen molar-refractivity contribution in [3.05, 3.63) is 58.7 Å². The third-order valence-electron chi connectivity index (χ3n) is 6.10. The molecule has 140 valence electrons. The molecule has 2 N–H and O–H groups in total. The minimum atomic E-state index is 0.0612. The molecule has 2 nitrogen and oxygen atoms in total. The first-order valence-electron chi connectivity index (χ1n) is 10.3. The van der Waals surface area contributed by atoms with Crippen molar-refractivity contribution in [3.63, 3.8) is 0 Å². The molecule has 0 saturated heterocycles. The summed E-state index contributed by atoms with van der Waals surface area (Å²) in [5.74, 6) is 1.37. The molecule has 1 saturated carbocycles. The Hall–Kier alpha value is -1.96. The number of phenols is 2. The Labute approximate surface area is 157 Å². The van der Waals surface area contributed by atoms with E-state index in [-0.39, 0.29) is 5.92 Å². The Bertz CT molecular complexity index is 673. The molecule has 0 bridgehead atoms. The van der Waals surface area contributed by atoms with Gasteiger partial charge in [-0.1, -0.05) is 75.9 Å². The number of aryl methyl sites for hydroxylation is 2. The monoisotopic (exact) mass is 352 g/mol. The highest BCUT2D eigenvalue weighted by Gasteiger charge is 2.30. The predicted octanol–water partition coefficient (Wildman–Crippen LogP) is 6.32. The number of para-hydroxylation sites is 2. The van der Waals surface area contributed by atoms with Gasteiger partial charge < -0.3 is 10.2 Å². The maximum absolute atomic E-state index is 11.0. The normalized spacial score (nSPS) is 16.0. The van der Waals surface area contributed by atoms with Crippen molar-refractivity contribution in [2.24, 2.45) is 5.92 Å². The highest BCUT2D eigenvalue weighted by Crippen LogP contribution is 2.46. The molecule has 0 amide bonds. The van der Waals surface area contributed by atoms with Crippen LogP contribution >= 0.6 is 0 Å². The maximum atomic E-state index is 11.0. The molecule has 2 heteroatoms. The van der Waals surface area contributed by atoms with Crippen molar-refractivity contribution in [3.8, 4) is 11.5 Å². The lowest BCUT2D eigenvalue weighted by Gasteiger charge is -2.29. The van der Waals surface area contributed by atoms with E-state index in [1.165, 1.54) is 25.7 Å². The van der Waals surface area contributed by atoms with Crippen LogP contribution in [0.15, 0.2) is 36.4 Å². The summed E-state index contributed by atoms with van der Waals surface area (Å²) in [4.78, 5) is 0. The zero-order valence-corrected chi connectivity index (χ0v) is 16.2. The van der Waals surface area contributed by atoms with E-state index in [0.717, 1.165) is 47.9 Å². The Morgan fingerprint density at radius 3 is 1.65 bits per heavy atom. The van der Waals surface area contributed by atoms with Crippen LogP contribution in [0.5, 0.6) is 11.5 Å². The number of phenolic OH excluding ortho intramolecular Hbond substituents is 2. The van der Waals surface area contributed by atoms with Gasteiger partial charge in [-0.3, -0.25) is 0 Å². The van der Waals surface area contributed by atoms with Crippen molar-refractivity contribution in [1.29, 1.82) is 0 Å². The van der Waals surface area contributed by atoms with Gasteiger partial charge in [0.15, 0.2) is 0 Å². The van der Waals surface area contributed by atoms with Gasteiger partial charge in [0.1, 0.15) is 11.5 Å². The van der Waals surface area contributed by atoms with Gasteiger partial charge in [-0.25, -0.2) is 0 Å². The fourth-order valence-electron chi connectivity index (χ4n) is 4.61. The third-order valence-corrected chi connectivity index (χ3v) is 6.10. The van der Waals surface area contributed by atoms with Crippen LogP contribution in [0.25, 0.3) is 0 Å². The number of rotatable bonds is 5. The van der Waals surface area contributed by atoms with Gasteiger partial charge in [-0.15, -0.1) is 0 Å².